The molecule has 0 aromatic carbocycles. The van der Waals surface area contributed by atoms with Crippen molar-refractivity contribution >= 4 is 11.3 Å². The Hall–Kier alpha value is -1.33. The van der Waals surface area contributed by atoms with Gasteiger partial charge in [-0.2, -0.15) is 0 Å². The minimum atomic E-state index is 0.263. The van der Waals surface area contributed by atoms with Crippen LogP contribution in [0.3, 0.4) is 0 Å². The Morgan fingerprint density at radius 2 is 2.07 bits per heavy atom. The molecule has 2 aromatic rings. The smallest absolute Gasteiger partial charge is 0.188 e. The normalized spacial score (nSPS) is 12.7. The minimum Gasteiger partial charge on any atom is -0.312 e. The Bertz CT molecular complexity index is 426. The van der Waals surface area contributed by atoms with Crippen LogP contribution in [0.15, 0.2) is 23.8 Å². The van der Waals surface area contributed by atoms with E-state index in [-0.39, 0.29) is 6.04 Å². The quantitative estimate of drug-likeness (QED) is 0.858. The zero-order valence-electron chi connectivity index (χ0n) is 8.64. The third kappa shape index (κ3) is 2.19. The number of nitrogens with one attached hydrogen (secondary N) is 1. The molecule has 2 rings (SSSR count). The van der Waals surface area contributed by atoms with Crippen molar-refractivity contribution in [1.82, 2.24) is 20.3 Å². The molecule has 2 aromatic heterocycles. The van der Waals surface area contributed by atoms with E-state index in [0.717, 1.165) is 10.7 Å². The summed E-state index contributed by atoms with van der Waals surface area (Å²) in [6, 6.07) is 2.06. The SMILES string of the molecule is CNC(C)c1csc(-c2ncccn2)n1. The van der Waals surface area contributed by atoms with Gasteiger partial charge in [-0.3, -0.25) is 0 Å². The number of rotatable bonds is 3. The average molecular weight is 220 g/mol. The number of hydrogen-bond donors (Lipinski definition) is 1. The summed E-state index contributed by atoms with van der Waals surface area (Å²) >= 11 is 1.57. The fourth-order valence-corrected chi connectivity index (χ4v) is 2.00. The minimum absolute atomic E-state index is 0.263. The van der Waals surface area contributed by atoms with Gasteiger partial charge in [-0.05, 0) is 20.0 Å². The highest BCUT2D eigenvalue weighted by molar-refractivity contribution is 7.13. The summed E-state index contributed by atoms with van der Waals surface area (Å²) in [5.74, 6) is 0.692. The van der Waals surface area contributed by atoms with Crippen LogP contribution in [-0.4, -0.2) is 22.0 Å². The van der Waals surface area contributed by atoms with E-state index in [2.05, 4.69) is 27.2 Å². The third-order valence-corrected chi connectivity index (χ3v) is 3.01. The highest BCUT2D eigenvalue weighted by Crippen LogP contribution is 2.22. The molecule has 5 heteroatoms. The molecule has 0 amide bonds. The lowest BCUT2D eigenvalue weighted by atomic mass is 10.3. The summed E-state index contributed by atoms with van der Waals surface area (Å²) in [5.41, 5.74) is 1.03. The first-order valence-electron chi connectivity index (χ1n) is 4.71. The van der Waals surface area contributed by atoms with Crippen LogP contribution in [0.5, 0.6) is 0 Å². The third-order valence-electron chi connectivity index (χ3n) is 2.16. The van der Waals surface area contributed by atoms with Crippen molar-refractivity contribution in [2.24, 2.45) is 0 Å². The first kappa shape index (κ1) is 10.2. The standard InChI is InChI=1S/C10H12N4S/c1-7(11-2)8-6-15-10(14-8)9-12-4-3-5-13-9/h3-7,11H,1-2H3. The van der Waals surface area contributed by atoms with E-state index in [9.17, 15) is 0 Å². The van der Waals surface area contributed by atoms with Gasteiger partial charge in [0.25, 0.3) is 0 Å². The zero-order valence-corrected chi connectivity index (χ0v) is 9.45. The second-order valence-electron chi connectivity index (χ2n) is 3.16. The lowest BCUT2D eigenvalue weighted by Gasteiger charge is -2.04. The molecule has 0 saturated heterocycles. The first-order chi connectivity index (χ1) is 7.31. The highest BCUT2D eigenvalue weighted by Gasteiger charge is 2.10. The van der Waals surface area contributed by atoms with Gasteiger partial charge in [-0.1, -0.05) is 0 Å². The first-order valence-corrected chi connectivity index (χ1v) is 5.59. The van der Waals surface area contributed by atoms with Gasteiger partial charge >= 0.3 is 0 Å². The maximum Gasteiger partial charge on any atom is 0.188 e. The molecule has 15 heavy (non-hydrogen) atoms. The number of hydrogen-bond acceptors (Lipinski definition) is 5. The van der Waals surface area contributed by atoms with Crippen LogP contribution in [-0.2, 0) is 0 Å². The zero-order chi connectivity index (χ0) is 10.7. The van der Waals surface area contributed by atoms with E-state index in [1.54, 1.807) is 29.8 Å². The van der Waals surface area contributed by atoms with Crippen LogP contribution < -0.4 is 5.32 Å². The summed E-state index contributed by atoms with van der Waals surface area (Å²) in [6.45, 7) is 2.07. The Labute approximate surface area is 92.4 Å². The predicted octanol–water partition coefficient (Wildman–Crippen LogP) is 1.88. The number of nitrogens with zero attached hydrogens (tertiary/aromatic N) is 3. The van der Waals surface area contributed by atoms with Gasteiger partial charge in [-0.15, -0.1) is 11.3 Å². The van der Waals surface area contributed by atoms with Crippen molar-refractivity contribution in [3.05, 3.63) is 29.5 Å². The van der Waals surface area contributed by atoms with Gasteiger partial charge in [-0.25, -0.2) is 15.0 Å². The van der Waals surface area contributed by atoms with E-state index in [1.807, 2.05) is 12.4 Å². The van der Waals surface area contributed by atoms with E-state index in [0.29, 0.717) is 5.82 Å². The Kier molecular flexibility index (Phi) is 3.03. The summed E-state index contributed by atoms with van der Waals surface area (Å²) in [7, 11) is 1.92. The van der Waals surface area contributed by atoms with Crippen LogP contribution in [0.2, 0.25) is 0 Å². The van der Waals surface area contributed by atoms with E-state index < -0.39 is 0 Å². The predicted molar refractivity (Wildman–Crippen MR) is 60.6 cm³/mol. The van der Waals surface area contributed by atoms with Gasteiger partial charge < -0.3 is 5.32 Å². The molecule has 0 aliphatic heterocycles. The number of aromatic nitrogens is 3. The molecule has 1 atom stereocenters. The summed E-state index contributed by atoms with van der Waals surface area (Å²) in [6.07, 6.45) is 3.45. The maximum absolute atomic E-state index is 4.48. The highest BCUT2D eigenvalue weighted by atomic mass is 32.1. The second-order valence-corrected chi connectivity index (χ2v) is 4.02. The van der Waals surface area contributed by atoms with Crippen molar-refractivity contribution in [3.8, 4) is 10.8 Å². The molecule has 0 bridgehead atoms. The van der Waals surface area contributed by atoms with Gasteiger partial charge in [0, 0.05) is 23.8 Å². The lowest BCUT2D eigenvalue weighted by Crippen LogP contribution is -2.12. The van der Waals surface area contributed by atoms with E-state index in [4.69, 9.17) is 0 Å². The van der Waals surface area contributed by atoms with Gasteiger partial charge in [0.15, 0.2) is 10.8 Å². The maximum atomic E-state index is 4.48. The molecule has 1 N–H and O–H groups in total. The molecule has 0 aliphatic carbocycles. The Morgan fingerprint density at radius 3 is 2.73 bits per heavy atom. The molecular weight excluding hydrogens is 208 g/mol. The van der Waals surface area contributed by atoms with Crippen molar-refractivity contribution in [3.63, 3.8) is 0 Å². The lowest BCUT2D eigenvalue weighted by molar-refractivity contribution is 0.637. The van der Waals surface area contributed by atoms with Crippen LogP contribution in [0, 0.1) is 0 Å². The van der Waals surface area contributed by atoms with E-state index >= 15 is 0 Å². The van der Waals surface area contributed by atoms with Gasteiger partial charge in [0.05, 0.1) is 5.69 Å². The molecular formula is C10H12N4S. The average Bonchev–Trinajstić information content (AvgIpc) is 2.78. The molecule has 0 aliphatic rings. The summed E-state index contributed by atoms with van der Waals surface area (Å²) in [5, 5.41) is 6.05. The Balaban J connectivity index is 2.28. The molecule has 0 saturated carbocycles. The topological polar surface area (TPSA) is 50.7 Å². The largest absolute Gasteiger partial charge is 0.312 e. The van der Waals surface area contributed by atoms with Crippen LogP contribution >= 0.6 is 11.3 Å². The number of thiazole rings is 1. The Morgan fingerprint density at radius 1 is 1.33 bits per heavy atom. The van der Waals surface area contributed by atoms with Crippen LogP contribution in [0.25, 0.3) is 10.8 Å². The van der Waals surface area contributed by atoms with Gasteiger partial charge in [0.2, 0.25) is 0 Å². The van der Waals surface area contributed by atoms with Crippen LogP contribution in [0.1, 0.15) is 18.7 Å². The second kappa shape index (κ2) is 4.46. The van der Waals surface area contributed by atoms with Crippen molar-refractivity contribution in [2.75, 3.05) is 7.05 Å². The molecule has 78 valence electrons. The van der Waals surface area contributed by atoms with Crippen LogP contribution in [0.4, 0.5) is 0 Å². The summed E-state index contributed by atoms with van der Waals surface area (Å²) in [4.78, 5) is 12.8. The van der Waals surface area contributed by atoms with Crippen molar-refractivity contribution in [2.45, 2.75) is 13.0 Å². The molecule has 0 fully saturated rings. The van der Waals surface area contributed by atoms with Gasteiger partial charge in [0.1, 0.15) is 0 Å². The molecule has 1 unspecified atom stereocenters. The monoisotopic (exact) mass is 220 g/mol. The fraction of sp³-hybridized carbons (Fsp3) is 0.300. The van der Waals surface area contributed by atoms with Crippen molar-refractivity contribution in [1.29, 1.82) is 0 Å². The molecule has 0 spiro atoms. The summed E-state index contributed by atoms with van der Waals surface area (Å²) < 4.78 is 0. The van der Waals surface area contributed by atoms with Crippen molar-refractivity contribution < 1.29 is 0 Å². The molecule has 0 radical (unpaired) electrons. The molecule has 2 heterocycles. The fourth-order valence-electron chi connectivity index (χ4n) is 1.15. The molecule has 4 nitrogen and oxygen atoms in total. The van der Waals surface area contributed by atoms with E-state index in [1.165, 1.54) is 0 Å².